The van der Waals surface area contributed by atoms with Crippen LogP contribution in [0.3, 0.4) is 0 Å². The van der Waals surface area contributed by atoms with Gasteiger partial charge in [-0.1, -0.05) is 77.2 Å². The van der Waals surface area contributed by atoms with E-state index in [9.17, 15) is 9.59 Å². The lowest BCUT2D eigenvalue weighted by Gasteiger charge is -2.06. The molecule has 0 aromatic carbocycles. The van der Waals surface area contributed by atoms with Crippen molar-refractivity contribution in [3.8, 4) is 0 Å². The molecule has 0 rings (SSSR count). The average Bonchev–Trinajstić information content (AvgIpc) is 2.64. The molecule has 0 amide bonds. The molecule has 0 aromatic heterocycles. The van der Waals surface area contributed by atoms with Gasteiger partial charge in [-0.25, -0.2) is 0 Å². The maximum Gasteiger partial charge on any atom is 0.306 e. The summed E-state index contributed by atoms with van der Waals surface area (Å²) in [7, 11) is 0. The van der Waals surface area contributed by atoms with Gasteiger partial charge < -0.3 is 9.47 Å². The summed E-state index contributed by atoms with van der Waals surface area (Å²) in [6.07, 6.45) is 17.6. The molecule has 4 heteroatoms. The summed E-state index contributed by atoms with van der Waals surface area (Å²) in [5, 5.41) is 0. The third-order valence-corrected chi connectivity index (χ3v) is 4.36. The Balaban J connectivity index is 3.28. The van der Waals surface area contributed by atoms with Gasteiger partial charge in [0.2, 0.25) is 0 Å². The van der Waals surface area contributed by atoms with E-state index in [1.54, 1.807) is 6.08 Å². The zero-order valence-electron chi connectivity index (χ0n) is 16.9. The molecule has 0 aliphatic heterocycles. The van der Waals surface area contributed by atoms with E-state index in [2.05, 4.69) is 13.5 Å². The summed E-state index contributed by atoms with van der Waals surface area (Å²) >= 11 is 0. The molecule has 0 unspecified atom stereocenters. The van der Waals surface area contributed by atoms with E-state index in [-0.39, 0.29) is 24.8 Å². The molecular weight excluding hydrogens is 328 g/mol. The summed E-state index contributed by atoms with van der Waals surface area (Å²) in [6, 6.07) is 0. The third kappa shape index (κ3) is 19.0. The van der Waals surface area contributed by atoms with Crippen LogP contribution in [0.2, 0.25) is 0 Å². The number of carbonyl (C=O) groups excluding carboxylic acids is 2. The van der Waals surface area contributed by atoms with Crippen molar-refractivity contribution in [3.05, 3.63) is 12.7 Å². The highest BCUT2D eigenvalue weighted by atomic mass is 16.5. The molecule has 4 nitrogen and oxygen atoms in total. The monoisotopic (exact) mass is 368 g/mol. The Hall–Kier alpha value is -1.32. The summed E-state index contributed by atoms with van der Waals surface area (Å²) in [5.41, 5.74) is 0. The Morgan fingerprint density at radius 1 is 0.692 bits per heavy atom. The van der Waals surface area contributed by atoms with Gasteiger partial charge in [0.1, 0.15) is 0 Å². The van der Waals surface area contributed by atoms with E-state index < -0.39 is 0 Å². The van der Waals surface area contributed by atoms with Crippen molar-refractivity contribution in [3.63, 3.8) is 0 Å². The highest BCUT2D eigenvalue weighted by molar-refractivity contribution is 5.77. The van der Waals surface area contributed by atoms with Gasteiger partial charge in [0.15, 0.2) is 0 Å². The maximum absolute atomic E-state index is 11.6. The highest BCUT2D eigenvalue weighted by Gasteiger charge is 2.08. The number of unbranched alkanes of at least 4 members (excludes halogenated alkanes) is 11. The minimum absolute atomic E-state index is 0.102. The standard InChI is InChI=1S/C22H40O4/c1-3-5-7-8-9-10-11-12-13-14-16-20-26-22(24)18-17-21(23)25-19-15-6-4-2/h4H,2-3,5-20H2,1H3. The number of rotatable bonds is 19. The van der Waals surface area contributed by atoms with Gasteiger partial charge in [0.25, 0.3) is 0 Å². The fourth-order valence-electron chi connectivity index (χ4n) is 2.71. The number of hydrogen-bond acceptors (Lipinski definition) is 4. The molecule has 0 heterocycles. The lowest BCUT2D eigenvalue weighted by Crippen LogP contribution is -2.11. The van der Waals surface area contributed by atoms with Gasteiger partial charge >= 0.3 is 11.9 Å². The average molecular weight is 369 g/mol. The normalized spacial score (nSPS) is 10.5. The van der Waals surface area contributed by atoms with Crippen LogP contribution in [0.15, 0.2) is 12.7 Å². The largest absolute Gasteiger partial charge is 0.466 e. The number of ether oxygens (including phenoxy) is 2. The molecule has 0 N–H and O–H groups in total. The van der Waals surface area contributed by atoms with Crippen LogP contribution in [0.25, 0.3) is 0 Å². The molecule has 0 fully saturated rings. The predicted octanol–water partition coefficient (Wildman–Crippen LogP) is 6.13. The molecule has 26 heavy (non-hydrogen) atoms. The van der Waals surface area contributed by atoms with Crippen molar-refractivity contribution in [2.24, 2.45) is 0 Å². The third-order valence-electron chi connectivity index (χ3n) is 4.36. The van der Waals surface area contributed by atoms with Crippen molar-refractivity contribution in [2.45, 2.75) is 103 Å². The number of carbonyl (C=O) groups is 2. The summed E-state index contributed by atoms with van der Waals surface area (Å²) in [5.74, 6) is -0.638. The second kappa shape index (κ2) is 20.0. The van der Waals surface area contributed by atoms with Crippen LogP contribution in [0.5, 0.6) is 0 Å². The lowest BCUT2D eigenvalue weighted by molar-refractivity contribution is -0.150. The van der Waals surface area contributed by atoms with Crippen LogP contribution < -0.4 is 0 Å². The molecule has 0 aromatic rings. The second-order valence-corrected chi connectivity index (χ2v) is 6.91. The molecule has 0 aliphatic carbocycles. The second-order valence-electron chi connectivity index (χ2n) is 6.91. The van der Waals surface area contributed by atoms with Gasteiger partial charge in [0.05, 0.1) is 26.1 Å². The molecule has 0 bridgehead atoms. The van der Waals surface area contributed by atoms with Crippen LogP contribution in [0.4, 0.5) is 0 Å². The van der Waals surface area contributed by atoms with Gasteiger partial charge in [0, 0.05) is 0 Å². The van der Waals surface area contributed by atoms with Crippen LogP contribution in [-0.4, -0.2) is 25.2 Å². The van der Waals surface area contributed by atoms with Crippen LogP contribution in [0.1, 0.15) is 103 Å². The SMILES string of the molecule is C=CCCCOC(=O)CCC(=O)OCCCCCCCCCCCCC. The first-order chi connectivity index (χ1) is 12.7. The van der Waals surface area contributed by atoms with Gasteiger partial charge in [-0.05, 0) is 19.3 Å². The van der Waals surface area contributed by atoms with Gasteiger partial charge in [-0.3, -0.25) is 9.59 Å². The molecule has 0 atom stereocenters. The van der Waals surface area contributed by atoms with Crippen LogP contribution >= 0.6 is 0 Å². The molecule has 0 saturated heterocycles. The summed E-state index contributed by atoms with van der Waals surface area (Å²) in [4.78, 5) is 23.0. The number of allylic oxidation sites excluding steroid dienone is 1. The lowest BCUT2D eigenvalue weighted by atomic mass is 10.1. The summed E-state index contributed by atoms with van der Waals surface area (Å²) in [6.45, 7) is 6.71. The topological polar surface area (TPSA) is 52.6 Å². The molecule has 152 valence electrons. The smallest absolute Gasteiger partial charge is 0.306 e. The van der Waals surface area contributed by atoms with Crippen molar-refractivity contribution >= 4 is 11.9 Å². The van der Waals surface area contributed by atoms with Gasteiger partial charge in [-0.2, -0.15) is 0 Å². The molecular formula is C22H40O4. The van der Waals surface area contributed by atoms with E-state index in [1.165, 1.54) is 57.8 Å². The van der Waals surface area contributed by atoms with Crippen molar-refractivity contribution < 1.29 is 19.1 Å². The zero-order chi connectivity index (χ0) is 19.3. The number of hydrogen-bond donors (Lipinski definition) is 0. The fourth-order valence-corrected chi connectivity index (χ4v) is 2.71. The first-order valence-electron chi connectivity index (χ1n) is 10.6. The molecule has 0 spiro atoms. The Morgan fingerprint density at radius 2 is 1.12 bits per heavy atom. The van der Waals surface area contributed by atoms with E-state index in [0.29, 0.717) is 13.2 Å². The zero-order valence-corrected chi connectivity index (χ0v) is 16.9. The van der Waals surface area contributed by atoms with E-state index in [0.717, 1.165) is 25.7 Å². The first kappa shape index (κ1) is 24.7. The van der Waals surface area contributed by atoms with Crippen molar-refractivity contribution in [1.82, 2.24) is 0 Å². The van der Waals surface area contributed by atoms with Crippen molar-refractivity contribution in [2.75, 3.05) is 13.2 Å². The van der Waals surface area contributed by atoms with E-state index in [4.69, 9.17) is 9.47 Å². The quantitative estimate of drug-likeness (QED) is 0.156. The number of esters is 2. The van der Waals surface area contributed by atoms with Crippen LogP contribution in [0, 0.1) is 0 Å². The Bertz CT molecular complexity index is 352. The van der Waals surface area contributed by atoms with E-state index >= 15 is 0 Å². The fraction of sp³-hybridized carbons (Fsp3) is 0.818. The maximum atomic E-state index is 11.6. The van der Waals surface area contributed by atoms with Crippen molar-refractivity contribution in [1.29, 1.82) is 0 Å². The predicted molar refractivity (Wildman–Crippen MR) is 107 cm³/mol. The van der Waals surface area contributed by atoms with Crippen LogP contribution in [-0.2, 0) is 19.1 Å². The Morgan fingerprint density at radius 3 is 1.58 bits per heavy atom. The first-order valence-corrected chi connectivity index (χ1v) is 10.6. The van der Waals surface area contributed by atoms with Gasteiger partial charge in [-0.15, -0.1) is 6.58 Å². The molecule has 0 radical (unpaired) electrons. The summed E-state index contributed by atoms with van der Waals surface area (Å²) < 4.78 is 10.2. The minimum atomic E-state index is -0.333. The minimum Gasteiger partial charge on any atom is -0.466 e. The molecule has 0 aliphatic rings. The highest BCUT2D eigenvalue weighted by Crippen LogP contribution is 2.11. The molecule has 0 saturated carbocycles. The Kier molecular flexibility index (Phi) is 19.0. The van der Waals surface area contributed by atoms with E-state index in [1.807, 2.05) is 0 Å². The Labute approximate surface area is 160 Å².